The summed E-state index contributed by atoms with van der Waals surface area (Å²) < 4.78 is 28.3. The van der Waals surface area contributed by atoms with E-state index in [4.69, 9.17) is 23.7 Å². The van der Waals surface area contributed by atoms with Crippen molar-refractivity contribution in [1.82, 2.24) is 9.88 Å². The van der Waals surface area contributed by atoms with Crippen molar-refractivity contribution in [2.75, 3.05) is 27.3 Å². The van der Waals surface area contributed by atoms with Crippen molar-refractivity contribution >= 4 is 23.0 Å². The Morgan fingerprint density at radius 2 is 1.73 bits per heavy atom. The molecule has 0 radical (unpaired) electrons. The monoisotopic (exact) mass is 508 g/mol. The number of carbonyl (C=O) groups excluding carboxylic acids is 2. The summed E-state index contributed by atoms with van der Waals surface area (Å²) in [6.45, 7) is 6.68. The molecule has 3 aromatic rings. The first-order chi connectivity index (χ1) is 17.7. The van der Waals surface area contributed by atoms with Crippen molar-refractivity contribution in [2.45, 2.75) is 45.3 Å². The number of piperidine rings is 1. The minimum atomic E-state index is -0.525. The number of aromatic nitrogens is 1. The van der Waals surface area contributed by atoms with Gasteiger partial charge in [-0.05, 0) is 51.1 Å². The Hall–Kier alpha value is -4.01. The highest BCUT2D eigenvalue weighted by atomic mass is 16.6. The van der Waals surface area contributed by atoms with Crippen LogP contribution in [0, 0.1) is 0 Å². The Balaban J connectivity index is 1.50. The summed E-state index contributed by atoms with van der Waals surface area (Å²) >= 11 is 0. The number of amides is 1. The van der Waals surface area contributed by atoms with E-state index in [0.29, 0.717) is 60.0 Å². The number of nitrogens with zero attached hydrogens (tertiary/aromatic N) is 2. The highest BCUT2D eigenvalue weighted by Crippen LogP contribution is 2.38. The molecule has 1 fully saturated rings. The molecule has 9 nitrogen and oxygen atoms in total. The fraction of sp³-hybridized carbons (Fsp3) is 0.393. The lowest BCUT2D eigenvalue weighted by Gasteiger charge is -2.33. The number of fused-ring (bicyclic) bond motifs is 1. The third-order valence-electron chi connectivity index (χ3n) is 5.86. The Morgan fingerprint density at radius 3 is 2.41 bits per heavy atom. The summed E-state index contributed by atoms with van der Waals surface area (Å²) in [5, 5.41) is 0.731. The maximum absolute atomic E-state index is 12.4. The van der Waals surface area contributed by atoms with Crippen molar-refractivity contribution in [2.24, 2.45) is 0 Å². The van der Waals surface area contributed by atoms with Crippen LogP contribution in [0.25, 0.3) is 10.9 Å². The lowest BCUT2D eigenvalue weighted by atomic mass is 10.1. The van der Waals surface area contributed by atoms with Crippen molar-refractivity contribution in [1.29, 1.82) is 0 Å². The van der Waals surface area contributed by atoms with Crippen LogP contribution in [0.15, 0.2) is 48.7 Å². The molecule has 2 heterocycles. The molecule has 37 heavy (non-hydrogen) atoms. The number of esters is 1. The van der Waals surface area contributed by atoms with Gasteiger partial charge in [0, 0.05) is 43.6 Å². The van der Waals surface area contributed by atoms with E-state index < -0.39 is 11.6 Å². The smallest absolute Gasteiger partial charge is 0.410 e. The SMILES string of the molecule is COC(=O)c1cccc(Oc2ccnc3cc(OC4CCN(C(=O)OC(C)(C)C)CC4)c(OC)cc23)c1. The molecular formula is C28H32N2O7. The van der Waals surface area contributed by atoms with Crippen LogP contribution in [-0.4, -0.2) is 61.0 Å². The average molecular weight is 509 g/mol. The van der Waals surface area contributed by atoms with E-state index in [9.17, 15) is 9.59 Å². The third-order valence-corrected chi connectivity index (χ3v) is 5.86. The molecule has 196 valence electrons. The fourth-order valence-corrected chi connectivity index (χ4v) is 4.06. The van der Waals surface area contributed by atoms with Gasteiger partial charge in [0.15, 0.2) is 11.5 Å². The maximum Gasteiger partial charge on any atom is 0.410 e. The number of ether oxygens (including phenoxy) is 5. The summed E-state index contributed by atoms with van der Waals surface area (Å²) in [5.41, 5.74) is 0.538. The predicted octanol–water partition coefficient (Wildman–Crippen LogP) is 5.60. The van der Waals surface area contributed by atoms with Gasteiger partial charge in [-0.1, -0.05) is 6.07 Å². The second-order valence-electron chi connectivity index (χ2n) is 9.74. The molecule has 1 aliphatic rings. The zero-order chi connectivity index (χ0) is 26.6. The van der Waals surface area contributed by atoms with Crippen molar-refractivity contribution in [3.8, 4) is 23.0 Å². The van der Waals surface area contributed by atoms with E-state index in [1.165, 1.54) is 7.11 Å². The normalized spacial score (nSPS) is 14.2. The number of hydrogen-bond acceptors (Lipinski definition) is 8. The van der Waals surface area contributed by atoms with Crippen LogP contribution in [0.2, 0.25) is 0 Å². The number of rotatable bonds is 6. The lowest BCUT2D eigenvalue weighted by molar-refractivity contribution is 0.0124. The standard InChI is InChI=1S/C28H32N2O7/c1-28(2,3)37-27(32)30-13-10-19(11-14-30)35-25-17-22-21(16-24(25)33-4)23(9-12-29-22)36-20-8-6-7-18(15-20)26(31)34-5/h6-9,12,15-17,19H,10-11,13-14H2,1-5H3. The van der Waals surface area contributed by atoms with Gasteiger partial charge >= 0.3 is 12.1 Å². The maximum atomic E-state index is 12.4. The molecule has 0 spiro atoms. The van der Waals surface area contributed by atoms with Crippen molar-refractivity contribution in [3.63, 3.8) is 0 Å². The fourth-order valence-electron chi connectivity index (χ4n) is 4.06. The molecule has 0 saturated carbocycles. The molecule has 1 amide bonds. The number of likely N-dealkylation sites (tertiary alicyclic amines) is 1. The minimum absolute atomic E-state index is 0.0782. The van der Waals surface area contributed by atoms with Gasteiger partial charge in [0.1, 0.15) is 23.2 Å². The molecule has 2 aromatic carbocycles. The number of methoxy groups -OCH3 is 2. The van der Waals surface area contributed by atoms with Gasteiger partial charge in [0.05, 0.1) is 25.3 Å². The molecule has 4 rings (SSSR count). The van der Waals surface area contributed by atoms with Crippen LogP contribution in [0.3, 0.4) is 0 Å². The van der Waals surface area contributed by atoms with Gasteiger partial charge in [0.2, 0.25) is 0 Å². The van der Waals surface area contributed by atoms with Gasteiger partial charge in [-0.3, -0.25) is 4.98 Å². The summed E-state index contributed by atoms with van der Waals surface area (Å²) in [5.74, 6) is 1.73. The van der Waals surface area contributed by atoms with E-state index in [-0.39, 0.29) is 12.2 Å². The Labute approximate surface area is 216 Å². The van der Waals surface area contributed by atoms with E-state index in [1.54, 1.807) is 48.5 Å². The highest BCUT2D eigenvalue weighted by molar-refractivity contribution is 5.90. The zero-order valence-corrected chi connectivity index (χ0v) is 21.8. The van der Waals surface area contributed by atoms with Crippen LogP contribution < -0.4 is 14.2 Å². The van der Waals surface area contributed by atoms with Crippen LogP contribution in [0.4, 0.5) is 4.79 Å². The quantitative estimate of drug-likeness (QED) is 0.397. The average Bonchev–Trinajstić information content (AvgIpc) is 2.87. The largest absolute Gasteiger partial charge is 0.493 e. The van der Waals surface area contributed by atoms with Crippen molar-refractivity contribution in [3.05, 3.63) is 54.2 Å². The summed E-state index contributed by atoms with van der Waals surface area (Å²) in [6.07, 6.45) is 2.62. The molecule has 1 aliphatic heterocycles. The van der Waals surface area contributed by atoms with E-state index in [1.807, 2.05) is 32.9 Å². The molecule has 0 N–H and O–H groups in total. The first-order valence-corrected chi connectivity index (χ1v) is 12.1. The van der Waals surface area contributed by atoms with Gasteiger partial charge in [-0.15, -0.1) is 0 Å². The zero-order valence-electron chi connectivity index (χ0n) is 21.8. The van der Waals surface area contributed by atoms with Gasteiger partial charge in [-0.25, -0.2) is 9.59 Å². The Bertz CT molecular complexity index is 1280. The highest BCUT2D eigenvalue weighted by Gasteiger charge is 2.28. The third kappa shape index (κ3) is 6.41. The van der Waals surface area contributed by atoms with Crippen LogP contribution >= 0.6 is 0 Å². The molecule has 1 aromatic heterocycles. The predicted molar refractivity (Wildman–Crippen MR) is 138 cm³/mol. The Morgan fingerprint density at radius 1 is 0.973 bits per heavy atom. The van der Waals surface area contributed by atoms with E-state index in [0.717, 1.165) is 5.39 Å². The second kappa shape index (κ2) is 10.9. The summed E-state index contributed by atoms with van der Waals surface area (Å²) in [7, 11) is 2.92. The van der Waals surface area contributed by atoms with E-state index >= 15 is 0 Å². The second-order valence-corrected chi connectivity index (χ2v) is 9.74. The lowest BCUT2D eigenvalue weighted by Crippen LogP contribution is -2.44. The number of pyridine rings is 1. The first-order valence-electron chi connectivity index (χ1n) is 12.1. The van der Waals surface area contributed by atoms with Gasteiger partial charge in [0.25, 0.3) is 0 Å². The van der Waals surface area contributed by atoms with Crippen LogP contribution in [-0.2, 0) is 9.47 Å². The van der Waals surface area contributed by atoms with Gasteiger partial charge < -0.3 is 28.6 Å². The number of hydrogen-bond donors (Lipinski definition) is 0. The molecule has 0 bridgehead atoms. The van der Waals surface area contributed by atoms with E-state index in [2.05, 4.69) is 4.98 Å². The molecule has 0 atom stereocenters. The molecular weight excluding hydrogens is 476 g/mol. The number of carbonyl (C=O) groups is 2. The van der Waals surface area contributed by atoms with Crippen molar-refractivity contribution < 1.29 is 33.3 Å². The first kappa shape index (κ1) is 26.1. The molecule has 1 saturated heterocycles. The number of benzene rings is 2. The van der Waals surface area contributed by atoms with Crippen LogP contribution in [0.1, 0.15) is 44.0 Å². The topological polar surface area (TPSA) is 96.4 Å². The summed E-state index contributed by atoms with van der Waals surface area (Å²) in [6, 6.07) is 12.2. The minimum Gasteiger partial charge on any atom is -0.493 e. The van der Waals surface area contributed by atoms with Crippen LogP contribution in [0.5, 0.6) is 23.0 Å². The molecule has 0 aliphatic carbocycles. The molecule has 9 heteroatoms. The Kier molecular flexibility index (Phi) is 7.71. The summed E-state index contributed by atoms with van der Waals surface area (Å²) in [4.78, 5) is 30.4. The molecule has 0 unspecified atom stereocenters. The van der Waals surface area contributed by atoms with Gasteiger partial charge in [-0.2, -0.15) is 0 Å².